The highest BCUT2D eigenvalue weighted by atomic mass is 32.1. The third-order valence-electron chi connectivity index (χ3n) is 3.30. The molecule has 1 atom stereocenters. The Morgan fingerprint density at radius 2 is 2.14 bits per heavy atom. The fraction of sp³-hybridized carbons (Fsp3) is 0.267. The molecule has 0 bridgehead atoms. The smallest absolute Gasteiger partial charge is 0.259 e. The molecule has 2 amide bonds. The number of carbonyl (C=O) groups excluding carboxylic acids is 2. The first kappa shape index (κ1) is 14.7. The van der Waals surface area contributed by atoms with Crippen LogP contribution in [0, 0.1) is 0 Å². The first-order valence-corrected chi connectivity index (χ1v) is 7.84. The minimum atomic E-state index is -0.435. The lowest BCUT2D eigenvalue weighted by Gasteiger charge is -2.13. The number of thiazole rings is 1. The molecular weight excluding hydrogens is 302 g/mol. The lowest BCUT2D eigenvalue weighted by atomic mass is 10.1. The highest BCUT2D eigenvalue weighted by Gasteiger charge is 2.24. The first-order chi connectivity index (χ1) is 10.7. The van der Waals surface area contributed by atoms with Crippen molar-refractivity contribution in [2.24, 2.45) is 0 Å². The van der Waals surface area contributed by atoms with Crippen LogP contribution in [0.2, 0.25) is 0 Å². The van der Waals surface area contributed by atoms with Crippen LogP contribution in [0.3, 0.4) is 0 Å². The van der Waals surface area contributed by atoms with E-state index in [2.05, 4.69) is 15.6 Å². The van der Waals surface area contributed by atoms with Gasteiger partial charge >= 0.3 is 0 Å². The number of nitrogens with one attached hydrogen (secondary N) is 2. The summed E-state index contributed by atoms with van der Waals surface area (Å²) in [5, 5.41) is 7.78. The second-order valence-corrected chi connectivity index (χ2v) is 5.72. The van der Waals surface area contributed by atoms with Gasteiger partial charge in [0.2, 0.25) is 0 Å². The SMILES string of the molecule is O=C(Nc1nccs1)c1ccccc1NC(=O)[C@H]1CCCO1. The molecule has 1 aromatic heterocycles. The van der Waals surface area contributed by atoms with Crippen LogP contribution in [0.15, 0.2) is 35.8 Å². The molecular formula is C15H15N3O3S. The highest BCUT2D eigenvalue weighted by Crippen LogP contribution is 2.20. The van der Waals surface area contributed by atoms with Crippen LogP contribution in [0.4, 0.5) is 10.8 Å². The third kappa shape index (κ3) is 3.32. The van der Waals surface area contributed by atoms with E-state index in [0.29, 0.717) is 29.4 Å². The van der Waals surface area contributed by atoms with Crippen LogP contribution in [0.5, 0.6) is 0 Å². The van der Waals surface area contributed by atoms with Gasteiger partial charge in [0, 0.05) is 18.2 Å². The highest BCUT2D eigenvalue weighted by molar-refractivity contribution is 7.13. The van der Waals surface area contributed by atoms with Gasteiger partial charge in [-0.05, 0) is 25.0 Å². The largest absolute Gasteiger partial charge is 0.368 e. The molecule has 1 aliphatic heterocycles. The van der Waals surface area contributed by atoms with Crippen molar-refractivity contribution in [3.05, 3.63) is 41.4 Å². The molecule has 0 spiro atoms. The molecule has 1 aromatic carbocycles. The maximum Gasteiger partial charge on any atom is 0.259 e. The second-order valence-electron chi connectivity index (χ2n) is 4.83. The Morgan fingerprint density at radius 3 is 2.86 bits per heavy atom. The number of carbonyl (C=O) groups is 2. The molecule has 0 unspecified atom stereocenters. The Kier molecular flexibility index (Phi) is 4.45. The Labute approximate surface area is 131 Å². The van der Waals surface area contributed by atoms with Crippen LogP contribution in [-0.4, -0.2) is 29.5 Å². The van der Waals surface area contributed by atoms with E-state index in [0.717, 1.165) is 6.42 Å². The molecule has 3 rings (SSSR count). The molecule has 0 saturated carbocycles. The molecule has 1 fully saturated rings. The third-order valence-corrected chi connectivity index (χ3v) is 3.99. The molecule has 22 heavy (non-hydrogen) atoms. The van der Waals surface area contributed by atoms with Gasteiger partial charge < -0.3 is 10.1 Å². The van der Waals surface area contributed by atoms with Gasteiger partial charge in [0.05, 0.1) is 11.3 Å². The first-order valence-electron chi connectivity index (χ1n) is 6.96. The summed E-state index contributed by atoms with van der Waals surface area (Å²) in [6.07, 6.45) is 2.77. The lowest BCUT2D eigenvalue weighted by molar-refractivity contribution is -0.124. The molecule has 114 valence electrons. The monoisotopic (exact) mass is 317 g/mol. The van der Waals surface area contributed by atoms with Crippen molar-refractivity contribution in [2.45, 2.75) is 18.9 Å². The van der Waals surface area contributed by atoms with E-state index in [1.165, 1.54) is 11.3 Å². The molecule has 6 nitrogen and oxygen atoms in total. The normalized spacial score (nSPS) is 17.2. The molecule has 1 saturated heterocycles. The van der Waals surface area contributed by atoms with Crippen molar-refractivity contribution in [3.8, 4) is 0 Å². The standard InChI is InChI=1S/C15H15N3O3S/c19-13(18-15-16-7-9-22-15)10-4-1-2-5-11(10)17-14(20)12-6-3-8-21-12/h1-2,4-5,7,9,12H,3,6,8H2,(H,17,20)(H,16,18,19)/t12-/m1/s1. The van der Waals surface area contributed by atoms with Crippen molar-refractivity contribution in [1.29, 1.82) is 0 Å². The van der Waals surface area contributed by atoms with Crippen LogP contribution < -0.4 is 10.6 Å². The Bertz CT molecular complexity index is 666. The number of ether oxygens (including phenoxy) is 1. The number of benzene rings is 1. The molecule has 2 aromatic rings. The average molecular weight is 317 g/mol. The molecule has 0 radical (unpaired) electrons. The number of aromatic nitrogens is 1. The summed E-state index contributed by atoms with van der Waals surface area (Å²) >= 11 is 1.34. The maximum absolute atomic E-state index is 12.3. The number of hydrogen-bond acceptors (Lipinski definition) is 5. The number of nitrogens with zero attached hydrogens (tertiary/aromatic N) is 1. The topological polar surface area (TPSA) is 80.3 Å². The summed E-state index contributed by atoms with van der Waals surface area (Å²) in [7, 11) is 0. The second kappa shape index (κ2) is 6.67. The van der Waals surface area contributed by atoms with E-state index in [9.17, 15) is 9.59 Å². The van der Waals surface area contributed by atoms with Gasteiger partial charge in [0.1, 0.15) is 6.10 Å². The van der Waals surface area contributed by atoms with Crippen molar-refractivity contribution >= 4 is 34.0 Å². The van der Waals surface area contributed by atoms with E-state index in [-0.39, 0.29) is 11.8 Å². The van der Waals surface area contributed by atoms with E-state index in [4.69, 9.17) is 4.74 Å². The van der Waals surface area contributed by atoms with Gasteiger partial charge in [0.15, 0.2) is 5.13 Å². The molecule has 2 N–H and O–H groups in total. The number of para-hydroxylation sites is 1. The van der Waals surface area contributed by atoms with Crippen LogP contribution in [0.1, 0.15) is 23.2 Å². The van der Waals surface area contributed by atoms with Crippen LogP contribution in [-0.2, 0) is 9.53 Å². The summed E-state index contributed by atoms with van der Waals surface area (Å²) in [6, 6.07) is 6.88. The fourth-order valence-corrected chi connectivity index (χ4v) is 2.76. The molecule has 2 heterocycles. The van der Waals surface area contributed by atoms with Crippen molar-refractivity contribution in [1.82, 2.24) is 4.98 Å². The maximum atomic E-state index is 12.3. The summed E-state index contributed by atoms with van der Waals surface area (Å²) in [6.45, 7) is 0.601. The summed E-state index contributed by atoms with van der Waals surface area (Å²) in [5.74, 6) is -0.523. The summed E-state index contributed by atoms with van der Waals surface area (Å²) in [4.78, 5) is 28.5. The number of amides is 2. The predicted octanol–water partition coefficient (Wildman–Crippen LogP) is 2.51. The summed E-state index contributed by atoms with van der Waals surface area (Å²) in [5.41, 5.74) is 0.862. The van der Waals surface area contributed by atoms with E-state index < -0.39 is 6.10 Å². The minimum absolute atomic E-state index is 0.216. The van der Waals surface area contributed by atoms with Crippen LogP contribution >= 0.6 is 11.3 Å². The zero-order chi connectivity index (χ0) is 15.4. The molecule has 0 aliphatic carbocycles. The average Bonchev–Trinajstić information content (AvgIpc) is 3.21. The number of rotatable bonds is 4. The zero-order valence-corrected chi connectivity index (χ0v) is 12.6. The Morgan fingerprint density at radius 1 is 1.27 bits per heavy atom. The number of hydrogen-bond donors (Lipinski definition) is 2. The van der Waals surface area contributed by atoms with Gasteiger partial charge in [-0.25, -0.2) is 4.98 Å². The lowest BCUT2D eigenvalue weighted by Crippen LogP contribution is -2.28. The van der Waals surface area contributed by atoms with E-state index in [1.807, 2.05) is 0 Å². The predicted molar refractivity (Wildman–Crippen MR) is 84.1 cm³/mol. The van der Waals surface area contributed by atoms with E-state index in [1.54, 1.807) is 35.8 Å². The van der Waals surface area contributed by atoms with Crippen molar-refractivity contribution < 1.29 is 14.3 Å². The van der Waals surface area contributed by atoms with Gasteiger partial charge in [-0.15, -0.1) is 11.3 Å². The number of anilines is 2. The van der Waals surface area contributed by atoms with Gasteiger partial charge in [-0.1, -0.05) is 12.1 Å². The van der Waals surface area contributed by atoms with E-state index >= 15 is 0 Å². The Hall–Kier alpha value is -2.25. The van der Waals surface area contributed by atoms with Gasteiger partial charge in [-0.2, -0.15) is 0 Å². The fourth-order valence-electron chi connectivity index (χ4n) is 2.24. The quantitative estimate of drug-likeness (QED) is 0.908. The van der Waals surface area contributed by atoms with Gasteiger partial charge in [0.25, 0.3) is 11.8 Å². The van der Waals surface area contributed by atoms with Crippen molar-refractivity contribution in [2.75, 3.05) is 17.2 Å². The molecule has 1 aliphatic rings. The summed E-state index contributed by atoms with van der Waals surface area (Å²) < 4.78 is 5.35. The Balaban J connectivity index is 1.74. The molecule has 7 heteroatoms. The van der Waals surface area contributed by atoms with Crippen LogP contribution in [0.25, 0.3) is 0 Å². The minimum Gasteiger partial charge on any atom is -0.368 e. The van der Waals surface area contributed by atoms with Gasteiger partial charge in [-0.3, -0.25) is 14.9 Å². The zero-order valence-electron chi connectivity index (χ0n) is 11.7. The van der Waals surface area contributed by atoms with Crippen molar-refractivity contribution in [3.63, 3.8) is 0 Å².